The Morgan fingerprint density at radius 1 is 0.284 bits per heavy atom. The first-order valence-electron chi connectivity index (χ1n) is 24.4. The van der Waals surface area contributed by atoms with Crippen LogP contribution in [0.25, 0.3) is 0 Å². The van der Waals surface area contributed by atoms with Gasteiger partial charge in [-0.15, -0.1) is 0 Å². The van der Waals surface area contributed by atoms with E-state index in [2.05, 4.69) is 273 Å². The fraction of sp³-hybridized carbons (Fsp3) is 0.262. The summed E-state index contributed by atoms with van der Waals surface area (Å²) in [5.41, 5.74) is 20.1. The number of nitrogens with zero attached hydrogens (tertiary/aromatic N) is 2. The second-order valence-electron chi connectivity index (χ2n) is 20.8. The lowest BCUT2D eigenvalue weighted by atomic mass is 9.70. The predicted molar refractivity (Wildman–Crippen MR) is 289 cm³/mol. The maximum absolute atomic E-state index is 2.40. The van der Waals surface area contributed by atoms with E-state index in [1.165, 1.54) is 55.6 Å². The molecule has 0 heterocycles. The van der Waals surface area contributed by atoms with Gasteiger partial charge in [-0.2, -0.15) is 0 Å². The van der Waals surface area contributed by atoms with E-state index in [1.54, 1.807) is 0 Å². The Morgan fingerprint density at radius 2 is 0.493 bits per heavy atom. The van der Waals surface area contributed by atoms with Gasteiger partial charge in [-0.1, -0.05) is 188 Å². The molecule has 0 aliphatic heterocycles. The summed E-state index contributed by atoms with van der Waals surface area (Å²) in [5, 5.41) is 0. The van der Waals surface area contributed by atoms with Crippen LogP contribution in [0.5, 0.6) is 0 Å². The summed E-state index contributed by atoms with van der Waals surface area (Å²) in [6.07, 6.45) is 3.81. The van der Waals surface area contributed by atoms with Gasteiger partial charge in [0.1, 0.15) is 0 Å². The Morgan fingerprint density at radius 3 is 0.716 bits per heavy atom. The van der Waals surface area contributed by atoms with Crippen molar-refractivity contribution < 1.29 is 0 Å². The van der Waals surface area contributed by atoms with Crippen LogP contribution >= 0.6 is 0 Å². The molecular formula is C65H70N2. The summed E-state index contributed by atoms with van der Waals surface area (Å²) in [5.74, 6) is 0. The van der Waals surface area contributed by atoms with E-state index < -0.39 is 0 Å². The van der Waals surface area contributed by atoms with Crippen molar-refractivity contribution >= 4 is 34.1 Å². The second-order valence-corrected chi connectivity index (χ2v) is 20.8. The van der Waals surface area contributed by atoms with Gasteiger partial charge in [0.05, 0.1) is 0 Å². The van der Waals surface area contributed by atoms with E-state index in [1.807, 2.05) is 0 Å². The fourth-order valence-electron chi connectivity index (χ4n) is 9.62. The maximum atomic E-state index is 2.40. The van der Waals surface area contributed by atoms with Crippen molar-refractivity contribution in [2.45, 2.75) is 111 Å². The lowest BCUT2D eigenvalue weighted by Crippen LogP contribution is -2.26. The number of benzene rings is 8. The largest absolute Gasteiger partial charge is 0.311 e. The molecule has 340 valence electrons. The van der Waals surface area contributed by atoms with Crippen LogP contribution in [0.1, 0.15) is 124 Å². The summed E-state index contributed by atoms with van der Waals surface area (Å²) < 4.78 is 0. The highest BCUT2D eigenvalue weighted by atomic mass is 15.1. The Bertz CT molecular complexity index is 2620. The first kappa shape index (κ1) is 46.9. The van der Waals surface area contributed by atoms with Crippen molar-refractivity contribution in [1.82, 2.24) is 0 Å². The van der Waals surface area contributed by atoms with Crippen molar-refractivity contribution in [3.63, 3.8) is 0 Å². The van der Waals surface area contributed by atoms with Crippen molar-refractivity contribution in [3.05, 3.63) is 250 Å². The molecule has 0 aliphatic carbocycles. The van der Waals surface area contributed by atoms with Gasteiger partial charge in [0.15, 0.2) is 0 Å². The molecule has 8 rings (SSSR count). The van der Waals surface area contributed by atoms with Gasteiger partial charge in [0.2, 0.25) is 0 Å². The normalized spacial score (nSPS) is 12.0. The topological polar surface area (TPSA) is 6.48 Å². The smallest absolute Gasteiger partial charge is 0.0461 e. The summed E-state index contributed by atoms with van der Waals surface area (Å²) in [6, 6.07) is 73.1. The third kappa shape index (κ3) is 10.7. The Balaban J connectivity index is 1.11. The quantitative estimate of drug-likeness (QED) is 0.107. The predicted octanol–water partition coefficient (Wildman–Crippen LogP) is 18.1. The molecule has 0 saturated heterocycles. The van der Waals surface area contributed by atoms with Gasteiger partial charge in [-0.25, -0.2) is 0 Å². The van der Waals surface area contributed by atoms with E-state index in [0.29, 0.717) is 0 Å². The first-order chi connectivity index (χ1) is 32.1. The zero-order valence-corrected chi connectivity index (χ0v) is 41.7. The minimum atomic E-state index is -0.148. The Hall–Kier alpha value is -6.64. The summed E-state index contributed by atoms with van der Waals surface area (Å²) in [7, 11) is 0. The standard InChI is InChI=1S/C65H70N2/c1-11-65(12-2,55-29-41-61(42-30-55)66(59-37-25-53(26-38-59)63(5,6)7)57-33-21-51(22-34-57)45-49-17-13-47(3)14-18-49)56-31-43-62(44-32-56)67(60-39-27-54(28-40-60)64(8,9)10)58-35-23-52(24-36-58)46-50-19-15-48(4)16-20-50/h13-44H,11-12,45-46H2,1-10H3. The molecule has 0 spiro atoms. The first-order valence-corrected chi connectivity index (χ1v) is 24.4. The molecule has 0 N–H and O–H groups in total. The van der Waals surface area contributed by atoms with E-state index in [-0.39, 0.29) is 16.2 Å². The summed E-state index contributed by atoms with van der Waals surface area (Å²) in [6.45, 7) is 22.6. The molecule has 0 unspecified atom stereocenters. The number of anilines is 6. The van der Waals surface area contributed by atoms with E-state index in [4.69, 9.17) is 0 Å². The molecule has 0 amide bonds. The van der Waals surface area contributed by atoms with Crippen LogP contribution < -0.4 is 9.80 Å². The lowest BCUT2D eigenvalue weighted by molar-refractivity contribution is 0.478. The van der Waals surface area contributed by atoms with E-state index in [0.717, 1.165) is 59.8 Å². The highest BCUT2D eigenvalue weighted by Gasteiger charge is 2.31. The number of aryl methyl sites for hydroxylation is 2. The van der Waals surface area contributed by atoms with Crippen LogP contribution in [0.4, 0.5) is 34.1 Å². The molecule has 0 bridgehead atoms. The van der Waals surface area contributed by atoms with Gasteiger partial charge in [-0.3, -0.25) is 0 Å². The number of hydrogen-bond donors (Lipinski definition) is 0. The minimum absolute atomic E-state index is 0.0775. The second kappa shape index (κ2) is 19.7. The molecule has 8 aromatic rings. The molecular weight excluding hydrogens is 809 g/mol. The molecule has 0 fully saturated rings. The van der Waals surface area contributed by atoms with E-state index >= 15 is 0 Å². The molecule has 67 heavy (non-hydrogen) atoms. The molecule has 0 aliphatic rings. The minimum Gasteiger partial charge on any atom is -0.311 e. The average molecular weight is 879 g/mol. The van der Waals surface area contributed by atoms with Gasteiger partial charge in [-0.05, 0) is 168 Å². The van der Waals surface area contributed by atoms with Gasteiger partial charge >= 0.3 is 0 Å². The number of hydrogen-bond acceptors (Lipinski definition) is 2. The highest BCUT2D eigenvalue weighted by Crippen LogP contribution is 2.44. The zero-order valence-electron chi connectivity index (χ0n) is 41.7. The third-order valence-corrected chi connectivity index (χ3v) is 14.0. The van der Waals surface area contributed by atoms with Crippen LogP contribution in [-0.2, 0) is 29.1 Å². The molecule has 2 heteroatoms. The van der Waals surface area contributed by atoms with E-state index in [9.17, 15) is 0 Å². The Labute approximate surface area is 403 Å². The van der Waals surface area contributed by atoms with Crippen LogP contribution in [0.2, 0.25) is 0 Å². The lowest BCUT2D eigenvalue weighted by Gasteiger charge is -2.35. The summed E-state index contributed by atoms with van der Waals surface area (Å²) >= 11 is 0. The van der Waals surface area contributed by atoms with Crippen molar-refractivity contribution in [3.8, 4) is 0 Å². The number of rotatable bonds is 14. The average Bonchev–Trinajstić information content (AvgIpc) is 3.33. The zero-order chi connectivity index (χ0) is 47.3. The third-order valence-electron chi connectivity index (χ3n) is 14.0. The van der Waals surface area contributed by atoms with Crippen molar-refractivity contribution in [1.29, 1.82) is 0 Å². The van der Waals surface area contributed by atoms with Gasteiger partial charge in [0, 0.05) is 39.5 Å². The van der Waals surface area contributed by atoms with Crippen molar-refractivity contribution in [2.24, 2.45) is 0 Å². The van der Waals surface area contributed by atoms with Crippen LogP contribution in [0.15, 0.2) is 194 Å². The van der Waals surface area contributed by atoms with Crippen LogP contribution in [0.3, 0.4) is 0 Å². The SMILES string of the molecule is CCC(CC)(c1ccc(N(c2ccc(Cc3ccc(C)cc3)cc2)c2ccc(C(C)(C)C)cc2)cc1)c1ccc(N(c2ccc(Cc3ccc(C)cc3)cc2)c2ccc(C(C)(C)C)cc2)cc1. The van der Waals surface area contributed by atoms with Gasteiger partial charge < -0.3 is 9.80 Å². The molecule has 8 aromatic carbocycles. The molecule has 2 nitrogen and oxygen atoms in total. The molecule has 0 radical (unpaired) electrons. The molecule has 0 atom stereocenters. The van der Waals surface area contributed by atoms with Gasteiger partial charge in [0.25, 0.3) is 0 Å². The monoisotopic (exact) mass is 879 g/mol. The summed E-state index contributed by atoms with van der Waals surface area (Å²) in [4.78, 5) is 4.80. The van der Waals surface area contributed by atoms with Crippen LogP contribution in [-0.4, -0.2) is 0 Å². The highest BCUT2D eigenvalue weighted by molar-refractivity contribution is 5.78. The fourth-order valence-corrected chi connectivity index (χ4v) is 9.62. The molecule has 0 saturated carbocycles. The molecule has 0 aromatic heterocycles. The Kier molecular flexibility index (Phi) is 13.8. The van der Waals surface area contributed by atoms with Crippen LogP contribution in [0, 0.1) is 13.8 Å². The van der Waals surface area contributed by atoms with Crippen molar-refractivity contribution in [2.75, 3.05) is 9.80 Å². The maximum Gasteiger partial charge on any atom is 0.0461 e.